The van der Waals surface area contributed by atoms with E-state index in [2.05, 4.69) is 24.2 Å². The quantitative estimate of drug-likeness (QED) is 0.805. The van der Waals surface area contributed by atoms with Gasteiger partial charge in [-0.15, -0.1) is 0 Å². The van der Waals surface area contributed by atoms with Crippen molar-refractivity contribution in [2.75, 3.05) is 26.7 Å². The summed E-state index contributed by atoms with van der Waals surface area (Å²) in [5, 5.41) is 2.60. The summed E-state index contributed by atoms with van der Waals surface area (Å²) in [5.74, 6) is -0.0153. The number of carbonyl (C=O) groups excluding carboxylic acids is 2. The first kappa shape index (κ1) is 18.5. The zero-order valence-electron chi connectivity index (χ0n) is 14.5. The van der Waals surface area contributed by atoms with Crippen LogP contribution < -0.4 is 5.32 Å². The number of alkyl carbamates (subject to hydrolysis) is 1. The monoisotopic (exact) mass is 311 g/mol. The molecule has 0 radical (unpaired) electrons. The molecule has 1 aliphatic heterocycles. The highest BCUT2D eigenvalue weighted by molar-refractivity contribution is 5.88. The molecule has 1 saturated heterocycles. The second-order valence-corrected chi connectivity index (χ2v) is 6.91. The fourth-order valence-corrected chi connectivity index (χ4v) is 2.32. The number of ether oxygens (including phenoxy) is 1. The standard InChI is InChI=1S/C16H29N3O3/c1-12-11-19(13(2)10-18(12)6)14(20)8-7-9-17-15(21)22-16(3,4)5/h7-8,12-13H,9-11H2,1-6H3,(H,17,21). The van der Waals surface area contributed by atoms with Gasteiger partial charge in [0.15, 0.2) is 0 Å². The number of likely N-dealkylation sites (N-methyl/N-ethyl adjacent to an activating group) is 1. The second-order valence-electron chi connectivity index (χ2n) is 6.91. The van der Waals surface area contributed by atoms with Crippen LogP contribution in [0.5, 0.6) is 0 Å². The van der Waals surface area contributed by atoms with Crippen molar-refractivity contribution in [2.45, 2.75) is 52.3 Å². The number of hydrogen-bond donors (Lipinski definition) is 1. The Balaban J connectivity index is 2.40. The predicted molar refractivity (Wildman–Crippen MR) is 86.6 cm³/mol. The van der Waals surface area contributed by atoms with E-state index in [9.17, 15) is 9.59 Å². The molecule has 0 aromatic carbocycles. The van der Waals surface area contributed by atoms with Crippen molar-refractivity contribution < 1.29 is 14.3 Å². The summed E-state index contributed by atoms with van der Waals surface area (Å²) in [4.78, 5) is 27.8. The molecule has 0 aromatic rings. The molecule has 0 aliphatic carbocycles. The van der Waals surface area contributed by atoms with Gasteiger partial charge in [0.2, 0.25) is 5.91 Å². The van der Waals surface area contributed by atoms with E-state index in [1.165, 1.54) is 6.08 Å². The van der Waals surface area contributed by atoms with Gasteiger partial charge in [0.1, 0.15) is 5.60 Å². The van der Waals surface area contributed by atoms with Crippen molar-refractivity contribution in [1.29, 1.82) is 0 Å². The van der Waals surface area contributed by atoms with Crippen molar-refractivity contribution in [1.82, 2.24) is 15.1 Å². The van der Waals surface area contributed by atoms with E-state index in [0.29, 0.717) is 6.04 Å². The molecule has 0 aromatic heterocycles. The lowest BCUT2D eigenvalue weighted by Gasteiger charge is -2.42. The van der Waals surface area contributed by atoms with E-state index < -0.39 is 11.7 Å². The minimum atomic E-state index is -0.519. The fraction of sp³-hybridized carbons (Fsp3) is 0.750. The fourth-order valence-electron chi connectivity index (χ4n) is 2.32. The molecule has 22 heavy (non-hydrogen) atoms. The van der Waals surface area contributed by atoms with E-state index in [4.69, 9.17) is 4.74 Å². The molecule has 0 bridgehead atoms. The predicted octanol–water partition coefficient (Wildman–Crippen LogP) is 1.62. The van der Waals surface area contributed by atoms with Gasteiger partial charge < -0.3 is 15.0 Å². The summed E-state index contributed by atoms with van der Waals surface area (Å²) in [6.45, 7) is 11.5. The van der Waals surface area contributed by atoms with E-state index in [1.54, 1.807) is 6.08 Å². The summed E-state index contributed by atoms with van der Waals surface area (Å²) in [6.07, 6.45) is 2.69. The molecule has 2 atom stereocenters. The maximum atomic E-state index is 12.2. The zero-order valence-corrected chi connectivity index (χ0v) is 14.5. The van der Waals surface area contributed by atoms with Crippen LogP contribution in [0.2, 0.25) is 0 Å². The summed E-state index contributed by atoms with van der Waals surface area (Å²) in [7, 11) is 2.07. The smallest absolute Gasteiger partial charge is 0.407 e. The van der Waals surface area contributed by atoms with Crippen molar-refractivity contribution in [3.63, 3.8) is 0 Å². The molecule has 1 heterocycles. The Bertz CT molecular complexity index is 429. The average molecular weight is 311 g/mol. The van der Waals surface area contributed by atoms with Gasteiger partial charge in [-0.3, -0.25) is 9.69 Å². The Kier molecular flexibility index (Phi) is 6.41. The van der Waals surface area contributed by atoms with Crippen LogP contribution in [-0.2, 0) is 9.53 Å². The highest BCUT2D eigenvalue weighted by Crippen LogP contribution is 2.13. The van der Waals surface area contributed by atoms with Crippen LogP contribution in [0.4, 0.5) is 4.79 Å². The van der Waals surface area contributed by atoms with Crippen LogP contribution in [-0.4, -0.2) is 66.2 Å². The Morgan fingerprint density at radius 1 is 1.23 bits per heavy atom. The molecular formula is C16H29N3O3. The summed E-state index contributed by atoms with van der Waals surface area (Å²) in [6, 6.07) is 0.547. The molecule has 1 fully saturated rings. The maximum Gasteiger partial charge on any atom is 0.407 e. The molecule has 2 unspecified atom stereocenters. The molecule has 1 rings (SSSR count). The Morgan fingerprint density at radius 3 is 2.45 bits per heavy atom. The molecule has 1 aliphatic rings. The lowest BCUT2D eigenvalue weighted by molar-refractivity contribution is -0.131. The number of nitrogens with zero attached hydrogens (tertiary/aromatic N) is 2. The Morgan fingerprint density at radius 2 is 1.86 bits per heavy atom. The summed E-state index contributed by atoms with van der Waals surface area (Å²) < 4.78 is 5.12. The van der Waals surface area contributed by atoms with Crippen LogP contribution in [0.25, 0.3) is 0 Å². The second kappa shape index (κ2) is 7.63. The van der Waals surface area contributed by atoms with Gasteiger partial charge in [0.25, 0.3) is 0 Å². The lowest BCUT2D eigenvalue weighted by atomic mass is 10.1. The van der Waals surface area contributed by atoms with Crippen molar-refractivity contribution in [3.8, 4) is 0 Å². The van der Waals surface area contributed by atoms with Crippen LogP contribution in [0, 0.1) is 0 Å². The molecule has 1 N–H and O–H groups in total. The van der Waals surface area contributed by atoms with Gasteiger partial charge in [-0.25, -0.2) is 4.79 Å². The van der Waals surface area contributed by atoms with E-state index in [1.807, 2.05) is 32.6 Å². The van der Waals surface area contributed by atoms with Crippen LogP contribution in [0.1, 0.15) is 34.6 Å². The number of hydrogen-bond acceptors (Lipinski definition) is 4. The van der Waals surface area contributed by atoms with Crippen LogP contribution in [0.3, 0.4) is 0 Å². The zero-order chi connectivity index (χ0) is 16.9. The molecule has 6 heteroatoms. The molecule has 2 amide bonds. The average Bonchev–Trinajstić information content (AvgIpc) is 2.36. The number of rotatable bonds is 3. The van der Waals surface area contributed by atoms with Crippen molar-refractivity contribution in [3.05, 3.63) is 12.2 Å². The number of piperazine rings is 1. The minimum absolute atomic E-state index is 0.0153. The minimum Gasteiger partial charge on any atom is -0.444 e. The highest BCUT2D eigenvalue weighted by atomic mass is 16.6. The van der Waals surface area contributed by atoms with Crippen molar-refractivity contribution >= 4 is 12.0 Å². The number of amides is 2. The summed E-state index contributed by atoms with van der Waals surface area (Å²) >= 11 is 0. The largest absolute Gasteiger partial charge is 0.444 e. The van der Waals surface area contributed by atoms with E-state index in [-0.39, 0.29) is 18.5 Å². The Labute approximate surface area is 133 Å². The third kappa shape index (κ3) is 6.05. The van der Waals surface area contributed by atoms with Gasteiger partial charge >= 0.3 is 6.09 Å². The normalized spacial score (nSPS) is 23.6. The van der Waals surface area contributed by atoms with Gasteiger partial charge in [0, 0.05) is 37.8 Å². The van der Waals surface area contributed by atoms with Gasteiger partial charge in [0.05, 0.1) is 0 Å². The van der Waals surface area contributed by atoms with Crippen LogP contribution in [0.15, 0.2) is 12.2 Å². The highest BCUT2D eigenvalue weighted by Gasteiger charge is 2.28. The molecule has 0 saturated carbocycles. The third-order valence-electron chi connectivity index (χ3n) is 3.60. The van der Waals surface area contributed by atoms with Gasteiger partial charge in [-0.2, -0.15) is 0 Å². The summed E-state index contributed by atoms with van der Waals surface area (Å²) in [5.41, 5.74) is -0.519. The SMILES string of the molecule is CC1CN(C(=O)C=CCNC(=O)OC(C)(C)C)C(C)CN1C. The third-order valence-corrected chi connectivity index (χ3v) is 3.60. The first-order chi connectivity index (χ1) is 10.1. The first-order valence-electron chi connectivity index (χ1n) is 7.74. The van der Waals surface area contributed by atoms with E-state index in [0.717, 1.165) is 13.1 Å². The number of nitrogens with one attached hydrogen (secondary N) is 1. The van der Waals surface area contributed by atoms with Gasteiger partial charge in [-0.1, -0.05) is 6.08 Å². The first-order valence-corrected chi connectivity index (χ1v) is 7.74. The van der Waals surface area contributed by atoms with Crippen LogP contribution >= 0.6 is 0 Å². The van der Waals surface area contributed by atoms with Crippen molar-refractivity contribution in [2.24, 2.45) is 0 Å². The molecule has 126 valence electrons. The lowest BCUT2D eigenvalue weighted by Crippen LogP contribution is -2.56. The van der Waals surface area contributed by atoms with Gasteiger partial charge in [-0.05, 0) is 41.7 Å². The topological polar surface area (TPSA) is 61.9 Å². The number of carbonyl (C=O) groups is 2. The molecular weight excluding hydrogens is 282 g/mol. The van der Waals surface area contributed by atoms with E-state index >= 15 is 0 Å². The molecule has 0 spiro atoms. The Hall–Kier alpha value is -1.56. The maximum absolute atomic E-state index is 12.2. The molecule has 6 nitrogen and oxygen atoms in total.